The fourth-order valence-corrected chi connectivity index (χ4v) is 1.37. The van der Waals surface area contributed by atoms with Crippen molar-refractivity contribution in [1.29, 1.82) is 0 Å². The van der Waals surface area contributed by atoms with E-state index in [1.807, 2.05) is 7.05 Å². The highest BCUT2D eigenvalue weighted by Gasteiger charge is 2.09. The fourth-order valence-electron chi connectivity index (χ4n) is 1.08. The first-order valence-corrected chi connectivity index (χ1v) is 3.98. The van der Waals surface area contributed by atoms with Gasteiger partial charge in [-0.15, -0.1) is 0 Å². The number of hydrogen-bond donors (Lipinski definition) is 0. The Balaban J connectivity index is 2.79. The highest BCUT2D eigenvalue weighted by atomic mass is 35.5. The van der Waals surface area contributed by atoms with Crippen molar-refractivity contribution in [2.45, 2.75) is 0 Å². The summed E-state index contributed by atoms with van der Waals surface area (Å²) in [5, 5.41) is 0.349. The van der Waals surface area contributed by atoms with Gasteiger partial charge < -0.3 is 9.30 Å². The maximum absolute atomic E-state index is 5.90. The van der Waals surface area contributed by atoms with Crippen molar-refractivity contribution in [1.82, 2.24) is 19.5 Å². The molecule has 0 amide bonds. The highest BCUT2D eigenvalue weighted by molar-refractivity contribution is 6.33. The lowest BCUT2D eigenvalue weighted by atomic mass is 10.5. The summed E-state index contributed by atoms with van der Waals surface area (Å²) in [6, 6.07) is 0.233. The predicted molar refractivity (Wildman–Crippen MR) is 47.9 cm³/mol. The molecule has 0 radical (unpaired) electrons. The van der Waals surface area contributed by atoms with Gasteiger partial charge in [0.25, 0.3) is 0 Å². The van der Waals surface area contributed by atoms with Crippen LogP contribution in [0.25, 0.3) is 11.2 Å². The van der Waals surface area contributed by atoms with E-state index in [0.717, 1.165) is 0 Å². The third-order valence-electron chi connectivity index (χ3n) is 1.69. The van der Waals surface area contributed by atoms with E-state index in [-0.39, 0.29) is 6.01 Å². The Kier molecular flexibility index (Phi) is 1.81. The van der Waals surface area contributed by atoms with Gasteiger partial charge in [0, 0.05) is 7.05 Å². The zero-order chi connectivity index (χ0) is 9.42. The lowest BCUT2D eigenvalue weighted by molar-refractivity contribution is 0.381. The predicted octanol–water partition coefficient (Wildman–Crippen LogP) is 1.03. The molecule has 13 heavy (non-hydrogen) atoms. The summed E-state index contributed by atoms with van der Waals surface area (Å²) in [7, 11) is 3.32. The smallest absolute Gasteiger partial charge is 0.319 e. The van der Waals surface area contributed by atoms with Crippen LogP contribution >= 0.6 is 11.6 Å². The zero-order valence-electron chi connectivity index (χ0n) is 7.15. The second kappa shape index (κ2) is 2.85. The minimum atomic E-state index is 0.233. The maximum Gasteiger partial charge on any atom is 0.319 e. The van der Waals surface area contributed by atoms with Gasteiger partial charge in [-0.2, -0.15) is 9.97 Å². The summed E-state index contributed by atoms with van der Waals surface area (Å²) in [6.07, 6.45) is 1.63. The second-order valence-electron chi connectivity index (χ2n) is 2.53. The molecule has 2 aromatic heterocycles. The van der Waals surface area contributed by atoms with Gasteiger partial charge in [0.05, 0.1) is 13.4 Å². The van der Waals surface area contributed by atoms with E-state index in [1.54, 1.807) is 10.9 Å². The van der Waals surface area contributed by atoms with Crippen LogP contribution in [0.2, 0.25) is 5.15 Å². The molecule has 0 saturated heterocycles. The van der Waals surface area contributed by atoms with Crippen LogP contribution in [0.15, 0.2) is 6.33 Å². The van der Waals surface area contributed by atoms with Crippen LogP contribution in [0.3, 0.4) is 0 Å². The average molecular weight is 199 g/mol. The Bertz CT molecular complexity index is 453. The standard InChI is InChI=1S/C7H7ClN4O/c1-12-3-9-6-4(12)5(8)10-7(11-6)13-2/h3H,1-2H3. The summed E-state index contributed by atoms with van der Waals surface area (Å²) in [6.45, 7) is 0. The van der Waals surface area contributed by atoms with Crippen molar-refractivity contribution in [3.8, 4) is 6.01 Å². The van der Waals surface area contributed by atoms with E-state index in [2.05, 4.69) is 15.0 Å². The van der Waals surface area contributed by atoms with E-state index >= 15 is 0 Å². The molecular formula is C7H7ClN4O. The van der Waals surface area contributed by atoms with Crippen molar-refractivity contribution in [2.75, 3.05) is 7.11 Å². The zero-order valence-corrected chi connectivity index (χ0v) is 7.91. The quantitative estimate of drug-likeness (QED) is 0.643. The minimum Gasteiger partial charge on any atom is -0.467 e. The number of aromatic nitrogens is 4. The van der Waals surface area contributed by atoms with Crippen molar-refractivity contribution in [2.24, 2.45) is 7.05 Å². The van der Waals surface area contributed by atoms with Crippen molar-refractivity contribution < 1.29 is 4.74 Å². The van der Waals surface area contributed by atoms with Crippen molar-refractivity contribution in [3.63, 3.8) is 0 Å². The number of rotatable bonds is 1. The minimum absolute atomic E-state index is 0.233. The number of ether oxygens (including phenoxy) is 1. The second-order valence-corrected chi connectivity index (χ2v) is 2.89. The number of fused-ring (bicyclic) bond motifs is 1. The fraction of sp³-hybridized carbons (Fsp3) is 0.286. The average Bonchev–Trinajstić information content (AvgIpc) is 2.48. The molecule has 2 aromatic rings. The lowest BCUT2D eigenvalue weighted by Crippen LogP contribution is -1.94. The van der Waals surface area contributed by atoms with Crippen LogP contribution in [0.1, 0.15) is 0 Å². The molecule has 0 aliphatic heterocycles. The summed E-state index contributed by atoms with van der Waals surface area (Å²) in [5.74, 6) is 0. The summed E-state index contributed by atoms with van der Waals surface area (Å²) >= 11 is 5.90. The first-order chi connectivity index (χ1) is 6.22. The Hall–Kier alpha value is -1.36. The summed E-state index contributed by atoms with van der Waals surface area (Å²) in [4.78, 5) is 12.0. The van der Waals surface area contributed by atoms with E-state index in [1.165, 1.54) is 7.11 Å². The van der Waals surface area contributed by atoms with Gasteiger partial charge in [0.1, 0.15) is 5.52 Å². The third-order valence-corrected chi connectivity index (χ3v) is 1.95. The molecule has 0 aromatic carbocycles. The van der Waals surface area contributed by atoms with Crippen LogP contribution in [0.5, 0.6) is 6.01 Å². The van der Waals surface area contributed by atoms with Crippen LogP contribution < -0.4 is 4.74 Å². The van der Waals surface area contributed by atoms with Crippen molar-refractivity contribution in [3.05, 3.63) is 11.5 Å². The molecule has 6 heteroatoms. The first-order valence-electron chi connectivity index (χ1n) is 3.61. The molecule has 0 spiro atoms. The molecule has 0 unspecified atom stereocenters. The van der Waals surface area contributed by atoms with Gasteiger partial charge >= 0.3 is 6.01 Å². The Morgan fingerprint density at radius 1 is 1.46 bits per heavy atom. The van der Waals surface area contributed by atoms with Gasteiger partial charge in [-0.1, -0.05) is 11.6 Å². The van der Waals surface area contributed by atoms with Crippen LogP contribution in [0, 0.1) is 0 Å². The summed E-state index contributed by atoms with van der Waals surface area (Å²) in [5.41, 5.74) is 1.25. The van der Waals surface area contributed by atoms with Crippen LogP contribution in [0.4, 0.5) is 0 Å². The van der Waals surface area contributed by atoms with E-state index in [4.69, 9.17) is 16.3 Å². The van der Waals surface area contributed by atoms with E-state index in [9.17, 15) is 0 Å². The van der Waals surface area contributed by atoms with E-state index < -0.39 is 0 Å². The Morgan fingerprint density at radius 2 is 2.23 bits per heavy atom. The maximum atomic E-state index is 5.90. The van der Waals surface area contributed by atoms with Gasteiger partial charge in [-0.25, -0.2) is 4.98 Å². The molecule has 2 heterocycles. The molecule has 2 rings (SSSR count). The largest absolute Gasteiger partial charge is 0.467 e. The first kappa shape index (κ1) is 8.25. The molecule has 0 aliphatic carbocycles. The van der Waals surface area contributed by atoms with Gasteiger partial charge in [-0.3, -0.25) is 0 Å². The number of methoxy groups -OCH3 is 1. The van der Waals surface area contributed by atoms with Crippen LogP contribution in [-0.4, -0.2) is 26.6 Å². The molecule has 0 saturated carbocycles. The molecule has 0 aliphatic rings. The van der Waals surface area contributed by atoms with Gasteiger partial charge in [0.2, 0.25) is 0 Å². The monoisotopic (exact) mass is 198 g/mol. The summed E-state index contributed by atoms with van der Waals surface area (Å²) < 4.78 is 6.62. The Morgan fingerprint density at radius 3 is 2.92 bits per heavy atom. The molecule has 0 bridgehead atoms. The van der Waals surface area contributed by atoms with Crippen LogP contribution in [-0.2, 0) is 7.05 Å². The number of halogens is 1. The topological polar surface area (TPSA) is 52.8 Å². The highest BCUT2D eigenvalue weighted by Crippen LogP contribution is 2.20. The molecule has 68 valence electrons. The molecular weight excluding hydrogens is 192 g/mol. The number of aryl methyl sites for hydroxylation is 1. The molecule has 5 nitrogen and oxygen atoms in total. The molecule has 0 fully saturated rings. The number of imidazole rings is 1. The normalized spacial score (nSPS) is 10.7. The molecule has 0 atom stereocenters. The Labute approximate surface area is 79.3 Å². The third kappa shape index (κ3) is 1.21. The van der Waals surface area contributed by atoms with Gasteiger partial charge in [-0.05, 0) is 0 Å². The number of hydrogen-bond acceptors (Lipinski definition) is 4. The van der Waals surface area contributed by atoms with E-state index in [0.29, 0.717) is 16.3 Å². The lowest BCUT2D eigenvalue weighted by Gasteiger charge is -1.99. The SMILES string of the molecule is COc1nc(Cl)c2c(ncn2C)n1. The van der Waals surface area contributed by atoms with Gasteiger partial charge in [0.15, 0.2) is 10.8 Å². The van der Waals surface area contributed by atoms with Crippen molar-refractivity contribution >= 4 is 22.8 Å². The number of nitrogens with zero attached hydrogens (tertiary/aromatic N) is 4. The molecule has 0 N–H and O–H groups in total.